The molecule has 0 aromatic heterocycles. The molecule has 2 aliphatic heterocycles. The Morgan fingerprint density at radius 3 is 1.07 bits per heavy atom. The van der Waals surface area contributed by atoms with Gasteiger partial charge in [-0.05, 0) is 87.9 Å². The SMILES string of the molecule is C=C(c1ccc(N2[Si](C)(C)CC[Si]2(C)C)cc1)c1cccc(C(=C)c2ccc(N3[Si](C)(C)CC[Si]3(C)C)cc2)c1. The molecular weight excluding hydrogens is 549 g/mol. The lowest BCUT2D eigenvalue weighted by molar-refractivity contribution is 1.35. The Hall–Kier alpha value is -2.39. The molecule has 6 heteroatoms. The van der Waals surface area contributed by atoms with Gasteiger partial charge in [-0.2, -0.15) is 0 Å². The predicted molar refractivity (Wildman–Crippen MR) is 190 cm³/mol. The van der Waals surface area contributed by atoms with Crippen molar-refractivity contribution in [2.45, 2.75) is 76.6 Å². The van der Waals surface area contributed by atoms with Crippen molar-refractivity contribution in [3.63, 3.8) is 0 Å². The summed E-state index contributed by atoms with van der Waals surface area (Å²) in [6.07, 6.45) is 0. The average Bonchev–Trinajstić information content (AvgIpc) is 3.27. The van der Waals surface area contributed by atoms with Gasteiger partial charge in [0.25, 0.3) is 0 Å². The number of nitrogens with zero attached hydrogens (tertiary/aromatic N) is 2. The van der Waals surface area contributed by atoms with E-state index in [0.717, 1.165) is 22.3 Å². The highest BCUT2D eigenvalue weighted by Gasteiger charge is 2.48. The summed E-state index contributed by atoms with van der Waals surface area (Å²) >= 11 is 0. The molecular formula is C34H48N2Si4. The largest absolute Gasteiger partial charge is 0.424 e. The zero-order valence-electron chi connectivity index (χ0n) is 26.1. The van der Waals surface area contributed by atoms with Crippen LogP contribution in [-0.4, -0.2) is 32.9 Å². The summed E-state index contributed by atoms with van der Waals surface area (Å²) in [6.45, 7) is 29.3. The quantitative estimate of drug-likeness (QED) is 0.261. The van der Waals surface area contributed by atoms with Gasteiger partial charge in [0.1, 0.15) is 32.9 Å². The maximum Gasteiger partial charge on any atom is 0.141 e. The van der Waals surface area contributed by atoms with E-state index in [0.29, 0.717) is 0 Å². The van der Waals surface area contributed by atoms with Crippen molar-refractivity contribution in [2.75, 3.05) is 8.46 Å². The molecule has 2 heterocycles. The minimum Gasteiger partial charge on any atom is -0.424 e. The first-order chi connectivity index (χ1) is 18.6. The van der Waals surface area contributed by atoms with Crippen molar-refractivity contribution in [3.05, 3.63) is 108 Å². The Morgan fingerprint density at radius 2 is 0.775 bits per heavy atom. The van der Waals surface area contributed by atoms with Gasteiger partial charge in [0.15, 0.2) is 0 Å². The minimum atomic E-state index is -1.37. The summed E-state index contributed by atoms with van der Waals surface area (Å²) in [7, 11) is -5.47. The van der Waals surface area contributed by atoms with Crippen LogP contribution in [-0.2, 0) is 0 Å². The first-order valence-corrected chi connectivity index (χ1v) is 27.5. The van der Waals surface area contributed by atoms with Crippen LogP contribution in [0.2, 0.25) is 76.6 Å². The topological polar surface area (TPSA) is 6.48 Å². The molecule has 2 saturated heterocycles. The third-order valence-corrected chi connectivity index (χ3v) is 29.7. The van der Waals surface area contributed by atoms with E-state index in [2.05, 4.69) is 147 Å². The standard InChI is InChI=1S/C34H48N2Si4/c1-27(29-14-18-33(19-15-29)35-37(3,4)22-23-38(35,5)6)31-12-11-13-32(26-31)28(2)30-16-20-34(21-17-30)36-39(7,8)24-25-40(36,9)10/h11-21,26H,1-2,22-25H2,3-10H3. The van der Waals surface area contributed by atoms with Gasteiger partial charge in [0, 0.05) is 11.4 Å². The summed E-state index contributed by atoms with van der Waals surface area (Å²) in [6, 6.07) is 32.9. The summed E-state index contributed by atoms with van der Waals surface area (Å²) in [5, 5.41) is 0. The van der Waals surface area contributed by atoms with E-state index in [4.69, 9.17) is 0 Å². The van der Waals surface area contributed by atoms with E-state index in [1.54, 1.807) is 0 Å². The normalized spacial score (nSPS) is 20.5. The Bertz CT molecular complexity index is 1300. The van der Waals surface area contributed by atoms with Gasteiger partial charge in [0.2, 0.25) is 0 Å². The number of hydrogen-bond donors (Lipinski definition) is 0. The van der Waals surface area contributed by atoms with Crippen LogP contribution in [0.1, 0.15) is 22.3 Å². The number of anilines is 2. The zero-order valence-corrected chi connectivity index (χ0v) is 30.1. The summed E-state index contributed by atoms with van der Waals surface area (Å²) in [5.74, 6) is 0. The second-order valence-electron chi connectivity index (χ2n) is 14.6. The van der Waals surface area contributed by atoms with Crippen molar-refractivity contribution < 1.29 is 0 Å². The lowest BCUT2D eigenvalue weighted by Gasteiger charge is -2.41. The van der Waals surface area contributed by atoms with Gasteiger partial charge in [-0.15, -0.1) is 0 Å². The minimum absolute atomic E-state index is 1.07. The third-order valence-electron chi connectivity index (χ3n) is 9.63. The van der Waals surface area contributed by atoms with Gasteiger partial charge in [-0.1, -0.05) is 108 Å². The molecule has 0 N–H and O–H groups in total. The van der Waals surface area contributed by atoms with E-state index >= 15 is 0 Å². The number of benzene rings is 3. The molecule has 0 aliphatic carbocycles. The lowest BCUT2D eigenvalue weighted by atomic mass is 9.93. The monoisotopic (exact) mass is 596 g/mol. The molecule has 0 unspecified atom stereocenters. The molecule has 2 fully saturated rings. The Labute approximate surface area is 247 Å². The first-order valence-electron chi connectivity index (χ1n) is 14.9. The summed E-state index contributed by atoms with van der Waals surface area (Å²) in [4.78, 5) is 0. The fraction of sp³-hybridized carbons (Fsp3) is 0.353. The maximum absolute atomic E-state index is 4.51. The van der Waals surface area contributed by atoms with Crippen LogP contribution < -0.4 is 8.46 Å². The van der Waals surface area contributed by atoms with Crippen molar-refractivity contribution in [1.82, 2.24) is 0 Å². The van der Waals surface area contributed by atoms with E-state index in [1.807, 2.05) is 0 Å². The molecule has 3 aromatic rings. The van der Waals surface area contributed by atoms with Crippen LogP contribution in [0.25, 0.3) is 11.1 Å². The summed E-state index contributed by atoms with van der Waals surface area (Å²) < 4.78 is 5.75. The van der Waals surface area contributed by atoms with E-state index < -0.39 is 32.9 Å². The molecule has 0 atom stereocenters. The highest BCUT2D eigenvalue weighted by molar-refractivity contribution is 7.05. The molecule has 0 amide bonds. The van der Waals surface area contributed by atoms with E-state index in [-0.39, 0.29) is 0 Å². The van der Waals surface area contributed by atoms with Gasteiger partial charge in [-0.25, -0.2) is 0 Å². The molecule has 0 radical (unpaired) electrons. The first kappa shape index (κ1) is 29.1. The van der Waals surface area contributed by atoms with Crippen LogP contribution in [0, 0.1) is 0 Å². The van der Waals surface area contributed by atoms with Crippen LogP contribution in [0.5, 0.6) is 0 Å². The molecule has 0 spiro atoms. The molecule has 2 nitrogen and oxygen atoms in total. The molecule has 0 bridgehead atoms. The Balaban J connectivity index is 1.35. The average molecular weight is 597 g/mol. The molecule has 40 heavy (non-hydrogen) atoms. The second kappa shape index (κ2) is 10.2. The fourth-order valence-electron chi connectivity index (χ4n) is 7.56. The fourth-order valence-corrected chi connectivity index (χ4v) is 36.1. The van der Waals surface area contributed by atoms with Crippen molar-refractivity contribution in [2.24, 2.45) is 0 Å². The van der Waals surface area contributed by atoms with E-state index in [9.17, 15) is 0 Å². The highest BCUT2D eigenvalue weighted by Crippen LogP contribution is 2.42. The Morgan fingerprint density at radius 1 is 0.475 bits per heavy atom. The van der Waals surface area contributed by atoms with Gasteiger partial charge in [0.05, 0.1) is 0 Å². The molecule has 2 aliphatic rings. The van der Waals surface area contributed by atoms with E-state index in [1.165, 1.54) is 46.7 Å². The molecule has 0 saturated carbocycles. The van der Waals surface area contributed by atoms with Crippen LogP contribution in [0.3, 0.4) is 0 Å². The van der Waals surface area contributed by atoms with Crippen LogP contribution in [0.15, 0.2) is 86.0 Å². The molecule has 3 aromatic carbocycles. The number of rotatable bonds is 6. The molecule has 210 valence electrons. The Kier molecular flexibility index (Phi) is 7.39. The van der Waals surface area contributed by atoms with Crippen molar-refractivity contribution in [3.8, 4) is 0 Å². The predicted octanol–water partition coefficient (Wildman–Crippen LogP) is 10.3. The van der Waals surface area contributed by atoms with Gasteiger partial charge in [-0.3, -0.25) is 0 Å². The second-order valence-corrected chi connectivity index (χ2v) is 33.7. The molecule has 5 rings (SSSR count). The smallest absolute Gasteiger partial charge is 0.141 e. The van der Waals surface area contributed by atoms with Crippen LogP contribution in [0.4, 0.5) is 11.4 Å². The van der Waals surface area contributed by atoms with Crippen molar-refractivity contribution in [1.29, 1.82) is 0 Å². The van der Waals surface area contributed by atoms with Crippen molar-refractivity contribution >= 4 is 55.5 Å². The van der Waals surface area contributed by atoms with Gasteiger partial charge >= 0.3 is 0 Å². The maximum atomic E-state index is 4.51. The zero-order chi connectivity index (χ0) is 29.1. The lowest BCUT2D eigenvalue weighted by Crippen LogP contribution is -2.55. The highest BCUT2D eigenvalue weighted by atomic mass is 28.4. The van der Waals surface area contributed by atoms with Crippen LogP contribution >= 0.6 is 0 Å². The summed E-state index contributed by atoms with van der Waals surface area (Å²) in [5.41, 5.74) is 9.67. The third kappa shape index (κ3) is 5.31. The van der Waals surface area contributed by atoms with Gasteiger partial charge < -0.3 is 8.46 Å². The number of hydrogen-bond acceptors (Lipinski definition) is 2.